The lowest BCUT2D eigenvalue weighted by atomic mass is 10.1. The van der Waals surface area contributed by atoms with Crippen molar-refractivity contribution < 1.29 is 24.2 Å². The molecule has 0 aliphatic carbocycles. The molecule has 1 amide bonds. The first kappa shape index (κ1) is 12.9. The highest BCUT2D eigenvalue weighted by Crippen LogP contribution is 2.29. The van der Waals surface area contributed by atoms with Crippen molar-refractivity contribution in [1.29, 1.82) is 0 Å². The van der Waals surface area contributed by atoms with Crippen molar-refractivity contribution in [2.24, 2.45) is 0 Å². The number of methoxy groups -OCH3 is 2. The zero-order valence-corrected chi connectivity index (χ0v) is 10.5. The molecule has 0 radical (unpaired) electrons. The van der Waals surface area contributed by atoms with Gasteiger partial charge in [0.2, 0.25) is 0 Å². The van der Waals surface area contributed by atoms with Gasteiger partial charge in [0.1, 0.15) is 17.6 Å². The second kappa shape index (κ2) is 5.01. The number of hydrogen-bond donors (Lipinski definition) is 2. The quantitative estimate of drug-likeness (QED) is 0.624. The van der Waals surface area contributed by atoms with Crippen LogP contribution in [0.4, 0.5) is 0 Å². The second-order valence-corrected chi connectivity index (χ2v) is 3.93. The molecule has 1 aromatic rings. The van der Waals surface area contributed by atoms with Crippen LogP contribution in [0.2, 0.25) is 0 Å². The summed E-state index contributed by atoms with van der Waals surface area (Å²) in [6.45, 7) is 0. The smallest absolute Gasteiger partial charge is 0.347 e. The van der Waals surface area contributed by atoms with Gasteiger partial charge in [-0.3, -0.25) is 4.79 Å². The minimum Gasteiger partial charge on any atom is -0.509 e. The minimum atomic E-state index is -0.856. The predicted molar refractivity (Wildman–Crippen MR) is 65.5 cm³/mol. The van der Waals surface area contributed by atoms with Gasteiger partial charge in [-0.05, 0) is 17.7 Å². The van der Waals surface area contributed by atoms with Crippen LogP contribution in [-0.2, 0) is 14.3 Å². The largest absolute Gasteiger partial charge is 0.509 e. The molecule has 1 aliphatic rings. The predicted octanol–water partition coefficient (Wildman–Crippen LogP) is 0.851. The van der Waals surface area contributed by atoms with E-state index in [1.165, 1.54) is 0 Å². The zero-order valence-electron chi connectivity index (χ0n) is 10.5. The Morgan fingerprint density at radius 3 is 2.42 bits per heavy atom. The van der Waals surface area contributed by atoms with Gasteiger partial charge < -0.3 is 19.9 Å². The lowest BCUT2D eigenvalue weighted by Gasteiger charge is -2.11. The third kappa shape index (κ3) is 2.24. The molecule has 0 saturated carbocycles. The number of esters is 1. The first-order chi connectivity index (χ1) is 9.08. The summed E-state index contributed by atoms with van der Waals surface area (Å²) in [5.41, 5.74) is 0.286. The molecule has 1 aliphatic heterocycles. The zero-order chi connectivity index (χ0) is 14.0. The molecule has 100 valence electrons. The molecule has 0 saturated heterocycles. The van der Waals surface area contributed by atoms with E-state index in [1.807, 2.05) is 0 Å². The summed E-state index contributed by atoms with van der Waals surface area (Å²) in [6, 6.07) is 6.04. The average Bonchev–Trinajstić information content (AvgIpc) is 2.73. The van der Waals surface area contributed by atoms with Gasteiger partial charge >= 0.3 is 5.97 Å². The molecule has 1 heterocycles. The molecule has 0 bridgehead atoms. The van der Waals surface area contributed by atoms with Crippen molar-refractivity contribution >= 4 is 11.9 Å². The van der Waals surface area contributed by atoms with Gasteiger partial charge in [-0.1, -0.05) is 12.1 Å². The number of benzene rings is 1. The highest BCUT2D eigenvalue weighted by atomic mass is 16.5. The Balaban J connectivity index is 2.34. The van der Waals surface area contributed by atoms with Crippen molar-refractivity contribution in [3.63, 3.8) is 0 Å². The van der Waals surface area contributed by atoms with Gasteiger partial charge in [-0.15, -0.1) is 0 Å². The van der Waals surface area contributed by atoms with E-state index in [1.54, 1.807) is 31.4 Å². The van der Waals surface area contributed by atoms with E-state index in [0.717, 1.165) is 7.11 Å². The van der Waals surface area contributed by atoms with Crippen LogP contribution < -0.4 is 10.1 Å². The molecule has 19 heavy (non-hydrogen) atoms. The summed E-state index contributed by atoms with van der Waals surface area (Å²) < 4.78 is 9.48. The van der Waals surface area contributed by atoms with E-state index in [0.29, 0.717) is 11.3 Å². The van der Waals surface area contributed by atoms with E-state index in [9.17, 15) is 14.7 Å². The second-order valence-electron chi connectivity index (χ2n) is 3.93. The summed E-state index contributed by atoms with van der Waals surface area (Å²) in [4.78, 5) is 23.0. The number of carbonyl (C=O) groups is 2. The van der Waals surface area contributed by atoms with Gasteiger partial charge in [0.25, 0.3) is 5.91 Å². The summed E-state index contributed by atoms with van der Waals surface area (Å²) in [5, 5.41) is 12.5. The maximum Gasteiger partial charge on any atom is 0.347 e. The van der Waals surface area contributed by atoms with E-state index >= 15 is 0 Å². The standard InChI is InChI=1S/C13H13NO5/c1-18-8-5-3-7(4-6-8)10-11(15)9(12(16)14-10)13(17)19-2/h3-6,10,15H,1-2H3,(H,14,16). The van der Waals surface area contributed by atoms with Crippen LogP contribution in [0.3, 0.4) is 0 Å². The number of amides is 1. The average molecular weight is 263 g/mol. The molecule has 0 spiro atoms. The van der Waals surface area contributed by atoms with Crippen LogP contribution in [0.25, 0.3) is 0 Å². The van der Waals surface area contributed by atoms with Gasteiger partial charge in [0, 0.05) is 0 Å². The minimum absolute atomic E-state index is 0.331. The van der Waals surface area contributed by atoms with Crippen LogP contribution >= 0.6 is 0 Å². The first-order valence-corrected chi connectivity index (χ1v) is 5.54. The normalized spacial score (nSPS) is 18.2. The number of rotatable bonds is 3. The summed E-state index contributed by atoms with van der Waals surface area (Å²) in [6.07, 6.45) is 0. The number of nitrogens with one attached hydrogen (secondary N) is 1. The van der Waals surface area contributed by atoms with E-state index in [-0.39, 0.29) is 11.3 Å². The maximum atomic E-state index is 11.6. The fourth-order valence-electron chi connectivity index (χ4n) is 1.87. The Hall–Kier alpha value is -2.50. The highest BCUT2D eigenvalue weighted by molar-refractivity contribution is 6.18. The molecule has 6 nitrogen and oxygen atoms in total. The highest BCUT2D eigenvalue weighted by Gasteiger charge is 2.37. The molecule has 0 fully saturated rings. The van der Waals surface area contributed by atoms with Crippen molar-refractivity contribution in [1.82, 2.24) is 5.32 Å². The van der Waals surface area contributed by atoms with Crippen LogP contribution in [0.1, 0.15) is 11.6 Å². The van der Waals surface area contributed by atoms with Crippen molar-refractivity contribution in [3.05, 3.63) is 41.2 Å². The lowest BCUT2D eigenvalue weighted by molar-refractivity contribution is -0.137. The SMILES string of the molecule is COC(=O)C1=C(O)C(c2ccc(OC)cc2)NC1=O. The summed E-state index contributed by atoms with van der Waals surface area (Å²) >= 11 is 0. The Kier molecular flexibility index (Phi) is 3.41. The number of ether oxygens (including phenoxy) is 2. The topological polar surface area (TPSA) is 84.9 Å². The van der Waals surface area contributed by atoms with Gasteiger partial charge in [-0.2, -0.15) is 0 Å². The monoisotopic (exact) mass is 263 g/mol. The number of aliphatic hydroxyl groups is 1. The Bertz CT molecular complexity index is 547. The number of hydrogen-bond acceptors (Lipinski definition) is 5. The first-order valence-electron chi connectivity index (χ1n) is 5.54. The van der Waals surface area contributed by atoms with Crippen molar-refractivity contribution in [2.45, 2.75) is 6.04 Å². The molecule has 2 rings (SSSR count). The third-order valence-electron chi connectivity index (χ3n) is 2.87. The third-order valence-corrected chi connectivity index (χ3v) is 2.87. The van der Waals surface area contributed by atoms with Gasteiger partial charge in [-0.25, -0.2) is 4.79 Å². The molecular formula is C13H13NO5. The fraction of sp³-hybridized carbons (Fsp3) is 0.231. The van der Waals surface area contributed by atoms with Gasteiger partial charge in [0.05, 0.1) is 14.2 Å². The van der Waals surface area contributed by atoms with Crippen LogP contribution in [0.15, 0.2) is 35.6 Å². The molecule has 1 unspecified atom stereocenters. The van der Waals surface area contributed by atoms with E-state index < -0.39 is 17.9 Å². The number of carbonyl (C=O) groups excluding carboxylic acids is 2. The fourth-order valence-corrected chi connectivity index (χ4v) is 1.87. The Labute approximate surface area is 109 Å². The Morgan fingerprint density at radius 2 is 1.89 bits per heavy atom. The van der Waals surface area contributed by atoms with E-state index in [2.05, 4.69) is 10.1 Å². The van der Waals surface area contributed by atoms with Gasteiger partial charge in [0.15, 0.2) is 5.57 Å². The maximum absolute atomic E-state index is 11.6. The van der Waals surface area contributed by atoms with Crippen molar-refractivity contribution in [3.8, 4) is 5.75 Å². The molecule has 6 heteroatoms. The Morgan fingerprint density at radius 1 is 1.26 bits per heavy atom. The summed E-state index contributed by atoms with van der Waals surface area (Å²) in [7, 11) is 2.69. The lowest BCUT2D eigenvalue weighted by Crippen LogP contribution is -2.24. The number of aliphatic hydroxyl groups excluding tert-OH is 1. The van der Waals surface area contributed by atoms with Crippen LogP contribution in [0, 0.1) is 0 Å². The molecule has 1 aromatic carbocycles. The van der Waals surface area contributed by atoms with Crippen LogP contribution in [-0.4, -0.2) is 31.2 Å². The van der Waals surface area contributed by atoms with E-state index in [4.69, 9.17) is 4.74 Å². The summed E-state index contributed by atoms with van der Waals surface area (Å²) in [5.74, 6) is -1.18. The molecular weight excluding hydrogens is 250 g/mol. The molecule has 2 N–H and O–H groups in total. The van der Waals surface area contributed by atoms with Crippen LogP contribution in [0.5, 0.6) is 5.75 Å². The molecule has 0 aromatic heterocycles. The molecule has 1 atom stereocenters. The van der Waals surface area contributed by atoms with Crippen molar-refractivity contribution in [2.75, 3.05) is 14.2 Å².